The van der Waals surface area contributed by atoms with Gasteiger partial charge in [0.1, 0.15) is 11.3 Å². The molecule has 31 heavy (non-hydrogen) atoms. The normalized spacial score (nSPS) is 16.0. The van der Waals surface area contributed by atoms with Gasteiger partial charge in [-0.2, -0.15) is 0 Å². The molecule has 0 saturated carbocycles. The standard InChI is InChI=1S/C25H23N5O/c1-31-23-11-10-16(14-17(23)15-30-22-9-5-4-8-21(22)28-29-30)24-25-19(12-13-26-24)18-6-2-3-7-20(18)27-25/h2-11,14,24,26-27H,12-13,15H2,1H3/p+1/t24-/m0/s1. The summed E-state index contributed by atoms with van der Waals surface area (Å²) in [6, 6.07) is 23.4. The highest BCUT2D eigenvalue weighted by atomic mass is 16.5. The minimum atomic E-state index is 0.244. The summed E-state index contributed by atoms with van der Waals surface area (Å²) in [5.41, 5.74) is 8.28. The zero-order valence-electron chi connectivity index (χ0n) is 17.4. The Kier molecular flexibility index (Phi) is 4.25. The number of hydrogen-bond acceptors (Lipinski definition) is 3. The molecule has 0 saturated heterocycles. The van der Waals surface area contributed by atoms with Crippen molar-refractivity contribution >= 4 is 21.9 Å². The largest absolute Gasteiger partial charge is 0.496 e. The second-order valence-corrected chi connectivity index (χ2v) is 8.12. The minimum Gasteiger partial charge on any atom is -0.496 e. The van der Waals surface area contributed by atoms with Crippen LogP contribution in [-0.2, 0) is 13.0 Å². The third kappa shape index (κ3) is 2.99. The number of H-pyrrole nitrogens is 1. The summed E-state index contributed by atoms with van der Waals surface area (Å²) >= 11 is 0. The maximum atomic E-state index is 5.69. The number of benzene rings is 3. The Morgan fingerprint density at radius 3 is 2.90 bits per heavy atom. The van der Waals surface area contributed by atoms with E-state index in [4.69, 9.17) is 4.74 Å². The van der Waals surface area contributed by atoms with Gasteiger partial charge in [0, 0.05) is 28.5 Å². The maximum Gasteiger partial charge on any atom is 0.153 e. The molecule has 2 aromatic heterocycles. The molecule has 1 aliphatic heterocycles. The van der Waals surface area contributed by atoms with Crippen LogP contribution in [0.3, 0.4) is 0 Å². The predicted molar refractivity (Wildman–Crippen MR) is 120 cm³/mol. The van der Waals surface area contributed by atoms with E-state index in [-0.39, 0.29) is 6.04 Å². The molecular formula is C25H24N5O+. The second kappa shape index (κ2) is 7.25. The van der Waals surface area contributed by atoms with Gasteiger partial charge in [-0.1, -0.05) is 35.5 Å². The van der Waals surface area contributed by atoms with E-state index < -0.39 is 0 Å². The number of nitrogens with one attached hydrogen (secondary N) is 1. The molecule has 5 aromatic rings. The first-order chi connectivity index (χ1) is 15.3. The summed E-state index contributed by atoms with van der Waals surface area (Å²) < 4.78 is 7.63. The molecule has 0 fully saturated rings. The summed E-state index contributed by atoms with van der Waals surface area (Å²) in [5, 5.41) is 12.4. The van der Waals surface area contributed by atoms with Gasteiger partial charge in [-0.3, -0.25) is 0 Å². The van der Waals surface area contributed by atoms with Gasteiger partial charge in [-0.25, -0.2) is 4.68 Å². The predicted octanol–water partition coefficient (Wildman–Crippen LogP) is 3.18. The van der Waals surface area contributed by atoms with E-state index in [0.29, 0.717) is 6.54 Å². The number of aromatic nitrogens is 4. The molecule has 0 unspecified atom stereocenters. The van der Waals surface area contributed by atoms with Crippen LogP contribution in [0.1, 0.15) is 28.4 Å². The van der Waals surface area contributed by atoms with Crippen LogP contribution in [0.4, 0.5) is 0 Å². The van der Waals surface area contributed by atoms with E-state index in [1.165, 1.54) is 27.7 Å². The monoisotopic (exact) mass is 410 g/mol. The number of fused-ring (bicyclic) bond motifs is 4. The van der Waals surface area contributed by atoms with Crippen LogP contribution < -0.4 is 10.1 Å². The fourth-order valence-electron chi connectivity index (χ4n) is 4.88. The van der Waals surface area contributed by atoms with Gasteiger partial charge in [0.15, 0.2) is 6.04 Å². The summed E-state index contributed by atoms with van der Waals surface area (Å²) in [6.07, 6.45) is 1.09. The summed E-state index contributed by atoms with van der Waals surface area (Å²) in [7, 11) is 1.72. The number of quaternary nitrogens is 1. The van der Waals surface area contributed by atoms with Crippen molar-refractivity contribution < 1.29 is 10.1 Å². The topological polar surface area (TPSA) is 72.3 Å². The highest BCUT2D eigenvalue weighted by molar-refractivity contribution is 5.85. The Morgan fingerprint density at radius 2 is 1.97 bits per heavy atom. The molecule has 6 heteroatoms. The first-order valence-corrected chi connectivity index (χ1v) is 10.7. The Labute approximate surface area is 179 Å². The molecule has 3 heterocycles. The Morgan fingerprint density at radius 1 is 1.10 bits per heavy atom. The second-order valence-electron chi connectivity index (χ2n) is 8.12. The van der Waals surface area contributed by atoms with Crippen LogP contribution in [0.5, 0.6) is 5.75 Å². The summed E-state index contributed by atoms with van der Waals surface area (Å²) in [4.78, 5) is 3.69. The molecule has 3 N–H and O–H groups in total. The van der Waals surface area contributed by atoms with Crippen LogP contribution in [0.2, 0.25) is 0 Å². The number of rotatable bonds is 4. The van der Waals surface area contributed by atoms with Gasteiger partial charge in [0.25, 0.3) is 0 Å². The molecule has 3 aromatic carbocycles. The molecule has 0 radical (unpaired) electrons. The summed E-state index contributed by atoms with van der Waals surface area (Å²) in [6.45, 7) is 1.69. The lowest BCUT2D eigenvalue weighted by atomic mass is 9.93. The van der Waals surface area contributed by atoms with Gasteiger partial charge in [-0.15, -0.1) is 5.10 Å². The third-order valence-electron chi connectivity index (χ3n) is 6.36. The fourth-order valence-corrected chi connectivity index (χ4v) is 4.88. The van der Waals surface area contributed by atoms with Crippen molar-refractivity contribution in [1.29, 1.82) is 0 Å². The Bertz CT molecular complexity index is 1400. The number of nitrogens with zero attached hydrogens (tertiary/aromatic N) is 3. The fraction of sp³-hybridized carbons (Fsp3) is 0.200. The lowest BCUT2D eigenvalue weighted by Crippen LogP contribution is -2.87. The van der Waals surface area contributed by atoms with Gasteiger partial charge < -0.3 is 15.0 Å². The minimum absolute atomic E-state index is 0.244. The third-order valence-corrected chi connectivity index (χ3v) is 6.36. The quantitative estimate of drug-likeness (QED) is 0.478. The summed E-state index contributed by atoms with van der Waals surface area (Å²) in [5.74, 6) is 0.871. The average molecular weight is 411 g/mol. The first-order valence-electron chi connectivity index (χ1n) is 10.7. The van der Waals surface area contributed by atoms with Gasteiger partial charge in [-0.05, 0) is 42.0 Å². The SMILES string of the molecule is COc1ccc([C@@H]2[NH2+]CCc3c2[nH]c2ccccc32)cc1Cn1nnc2ccccc21. The number of ether oxygens (including phenoxy) is 1. The van der Waals surface area contributed by atoms with Crippen LogP contribution in [-0.4, -0.2) is 33.6 Å². The number of aromatic amines is 1. The van der Waals surface area contributed by atoms with Crippen molar-refractivity contribution in [3.05, 3.63) is 89.1 Å². The highest BCUT2D eigenvalue weighted by Crippen LogP contribution is 2.32. The smallest absolute Gasteiger partial charge is 0.153 e. The van der Waals surface area contributed by atoms with Crippen molar-refractivity contribution in [3.8, 4) is 5.75 Å². The van der Waals surface area contributed by atoms with Crippen LogP contribution in [0.15, 0.2) is 66.7 Å². The zero-order chi connectivity index (χ0) is 20.8. The Hall–Kier alpha value is -3.64. The molecule has 0 spiro atoms. The molecule has 0 bridgehead atoms. The highest BCUT2D eigenvalue weighted by Gasteiger charge is 2.29. The van der Waals surface area contributed by atoms with Crippen LogP contribution in [0, 0.1) is 0 Å². The molecular weight excluding hydrogens is 386 g/mol. The van der Waals surface area contributed by atoms with E-state index in [1.807, 2.05) is 22.9 Å². The molecule has 1 atom stereocenters. The van der Waals surface area contributed by atoms with Crippen molar-refractivity contribution in [1.82, 2.24) is 20.0 Å². The van der Waals surface area contributed by atoms with Crippen molar-refractivity contribution in [2.24, 2.45) is 0 Å². The van der Waals surface area contributed by atoms with Crippen molar-refractivity contribution in [2.75, 3.05) is 13.7 Å². The first kappa shape index (κ1) is 18.2. The maximum absolute atomic E-state index is 5.69. The zero-order valence-corrected chi connectivity index (χ0v) is 17.4. The lowest BCUT2D eigenvalue weighted by Gasteiger charge is -2.22. The van der Waals surface area contributed by atoms with E-state index >= 15 is 0 Å². The van der Waals surface area contributed by atoms with E-state index in [9.17, 15) is 0 Å². The molecule has 1 aliphatic rings. The Balaban J connectivity index is 1.42. The molecule has 6 nitrogen and oxygen atoms in total. The van der Waals surface area contributed by atoms with E-state index in [1.54, 1.807) is 7.11 Å². The average Bonchev–Trinajstić information content (AvgIpc) is 3.40. The van der Waals surface area contributed by atoms with E-state index in [0.717, 1.165) is 35.3 Å². The molecule has 154 valence electrons. The molecule has 0 amide bonds. The number of nitrogens with two attached hydrogens (primary N) is 1. The van der Waals surface area contributed by atoms with Crippen molar-refractivity contribution in [2.45, 2.75) is 19.0 Å². The molecule has 0 aliphatic carbocycles. The van der Waals surface area contributed by atoms with Gasteiger partial charge in [0.2, 0.25) is 0 Å². The molecule has 6 rings (SSSR count). The van der Waals surface area contributed by atoms with Crippen LogP contribution in [0.25, 0.3) is 21.9 Å². The van der Waals surface area contributed by atoms with Crippen molar-refractivity contribution in [3.63, 3.8) is 0 Å². The van der Waals surface area contributed by atoms with Gasteiger partial charge >= 0.3 is 0 Å². The van der Waals surface area contributed by atoms with Gasteiger partial charge in [0.05, 0.1) is 31.4 Å². The van der Waals surface area contributed by atoms with E-state index in [2.05, 4.69) is 69.1 Å². The number of hydrogen-bond donors (Lipinski definition) is 2. The number of methoxy groups -OCH3 is 1. The lowest BCUT2D eigenvalue weighted by molar-refractivity contribution is -0.690. The van der Waals surface area contributed by atoms with Crippen LogP contribution >= 0.6 is 0 Å². The number of para-hydroxylation sites is 2.